The third kappa shape index (κ3) is 4.53. The van der Waals surface area contributed by atoms with Crippen LogP contribution in [-0.2, 0) is 14.8 Å². The number of carbonyl (C=O) groups excluding carboxylic acids is 1. The fourth-order valence-electron chi connectivity index (χ4n) is 4.32. The van der Waals surface area contributed by atoms with E-state index in [1.54, 1.807) is 29.7 Å². The van der Waals surface area contributed by atoms with Crippen LogP contribution < -0.4 is 4.72 Å². The number of aromatic nitrogens is 3. The standard InChI is InChI=1S/C28H26N4O4S/c1-4-36-28(33)24-25-27(30-23-13-9-8-12-22(23)29-25)32(19(3)20-10-6-5-7-11-20)26(24)31-37(34,35)21-16-14-18(2)15-17-21/h5-17,19,31H,4H2,1-3H3/t19-/m0/s1. The lowest BCUT2D eigenvalue weighted by Crippen LogP contribution is -2.20. The normalized spacial score (nSPS) is 12.5. The van der Waals surface area contributed by atoms with E-state index >= 15 is 0 Å². The highest BCUT2D eigenvalue weighted by molar-refractivity contribution is 7.92. The van der Waals surface area contributed by atoms with Gasteiger partial charge in [-0.05, 0) is 50.6 Å². The Hall–Kier alpha value is -4.24. The molecule has 5 rings (SSSR count). The van der Waals surface area contributed by atoms with Gasteiger partial charge in [-0.25, -0.2) is 23.2 Å². The molecule has 0 aliphatic rings. The zero-order chi connectivity index (χ0) is 26.2. The first-order valence-electron chi connectivity index (χ1n) is 11.9. The first-order valence-corrected chi connectivity index (χ1v) is 13.4. The zero-order valence-corrected chi connectivity index (χ0v) is 21.5. The molecular weight excluding hydrogens is 488 g/mol. The molecule has 0 bridgehead atoms. The predicted octanol–water partition coefficient (Wildman–Crippen LogP) is 5.48. The number of nitrogens with zero attached hydrogens (tertiary/aromatic N) is 3. The van der Waals surface area contributed by atoms with Gasteiger partial charge in [0, 0.05) is 0 Å². The lowest BCUT2D eigenvalue weighted by molar-refractivity contribution is 0.0529. The van der Waals surface area contributed by atoms with Crippen LogP contribution >= 0.6 is 0 Å². The molecule has 188 valence electrons. The van der Waals surface area contributed by atoms with E-state index in [1.807, 2.05) is 62.4 Å². The molecule has 37 heavy (non-hydrogen) atoms. The van der Waals surface area contributed by atoms with Gasteiger partial charge in [-0.2, -0.15) is 0 Å². The van der Waals surface area contributed by atoms with Crippen molar-refractivity contribution in [3.05, 3.63) is 95.6 Å². The molecule has 0 unspecified atom stereocenters. The summed E-state index contributed by atoms with van der Waals surface area (Å²) in [4.78, 5) is 22.9. The molecule has 5 aromatic rings. The van der Waals surface area contributed by atoms with Gasteiger partial charge < -0.3 is 9.30 Å². The summed E-state index contributed by atoms with van der Waals surface area (Å²) in [6.45, 7) is 5.61. The number of hydrogen-bond acceptors (Lipinski definition) is 6. The second-order valence-corrected chi connectivity index (χ2v) is 10.4. The number of aryl methyl sites for hydroxylation is 1. The van der Waals surface area contributed by atoms with Crippen molar-refractivity contribution in [3.8, 4) is 0 Å². The van der Waals surface area contributed by atoms with E-state index in [1.165, 1.54) is 12.1 Å². The summed E-state index contributed by atoms with van der Waals surface area (Å²) < 4.78 is 36.9. The predicted molar refractivity (Wildman–Crippen MR) is 143 cm³/mol. The third-order valence-electron chi connectivity index (χ3n) is 6.21. The third-order valence-corrected chi connectivity index (χ3v) is 7.56. The van der Waals surface area contributed by atoms with Crippen LogP contribution in [0.5, 0.6) is 0 Å². The van der Waals surface area contributed by atoms with Gasteiger partial charge in [0.15, 0.2) is 5.65 Å². The maximum Gasteiger partial charge on any atom is 0.344 e. The molecule has 2 aromatic heterocycles. The van der Waals surface area contributed by atoms with Crippen molar-refractivity contribution in [3.63, 3.8) is 0 Å². The van der Waals surface area contributed by atoms with Crippen molar-refractivity contribution < 1.29 is 17.9 Å². The van der Waals surface area contributed by atoms with Gasteiger partial charge in [0.2, 0.25) is 0 Å². The minimum absolute atomic E-state index is 0.0218. The van der Waals surface area contributed by atoms with E-state index in [-0.39, 0.29) is 28.4 Å². The summed E-state index contributed by atoms with van der Waals surface area (Å²) in [6.07, 6.45) is 0. The van der Waals surface area contributed by atoms with E-state index in [9.17, 15) is 13.2 Å². The zero-order valence-electron chi connectivity index (χ0n) is 20.7. The van der Waals surface area contributed by atoms with Gasteiger partial charge in [-0.15, -0.1) is 0 Å². The lowest BCUT2D eigenvalue weighted by atomic mass is 10.1. The van der Waals surface area contributed by atoms with Crippen LogP contribution in [0.1, 0.15) is 41.4 Å². The van der Waals surface area contributed by atoms with Crippen LogP contribution in [0.15, 0.2) is 83.8 Å². The number of sulfonamides is 1. The summed E-state index contributed by atoms with van der Waals surface area (Å²) in [5.41, 5.74) is 3.70. The first kappa shape index (κ1) is 24.5. The fraction of sp³-hybridized carbons (Fsp3) is 0.179. The number of nitrogens with one attached hydrogen (secondary N) is 1. The Morgan fingerprint density at radius 2 is 1.57 bits per heavy atom. The van der Waals surface area contributed by atoms with Crippen molar-refractivity contribution >= 4 is 44.0 Å². The molecule has 0 saturated heterocycles. The van der Waals surface area contributed by atoms with Crippen LogP contribution in [-0.4, -0.2) is 35.5 Å². The molecule has 0 amide bonds. The number of anilines is 1. The quantitative estimate of drug-likeness (QED) is 0.289. The summed E-state index contributed by atoms with van der Waals surface area (Å²) >= 11 is 0. The highest BCUT2D eigenvalue weighted by Gasteiger charge is 2.32. The molecule has 0 aliphatic heterocycles. The first-order chi connectivity index (χ1) is 17.8. The monoisotopic (exact) mass is 514 g/mol. The van der Waals surface area contributed by atoms with Crippen LogP contribution in [0.2, 0.25) is 0 Å². The summed E-state index contributed by atoms with van der Waals surface area (Å²) in [5, 5.41) is 0. The molecular formula is C28H26N4O4S. The Morgan fingerprint density at radius 1 is 0.946 bits per heavy atom. The van der Waals surface area contributed by atoms with Crippen LogP contribution in [0, 0.1) is 6.92 Å². The van der Waals surface area contributed by atoms with Gasteiger partial charge in [-0.1, -0.05) is 60.2 Å². The highest BCUT2D eigenvalue weighted by atomic mass is 32.2. The number of fused-ring (bicyclic) bond motifs is 2. The molecule has 0 radical (unpaired) electrons. The second-order valence-electron chi connectivity index (χ2n) is 8.70. The van der Waals surface area contributed by atoms with Crippen molar-refractivity contribution in [1.82, 2.24) is 14.5 Å². The maximum atomic E-state index is 13.6. The van der Waals surface area contributed by atoms with E-state index in [2.05, 4.69) is 4.72 Å². The molecule has 2 heterocycles. The Balaban J connectivity index is 1.83. The maximum absolute atomic E-state index is 13.6. The average molecular weight is 515 g/mol. The second kappa shape index (κ2) is 9.67. The fourth-order valence-corrected chi connectivity index (χ4v) is 5.39. The summed E-state index contributed by atoms with van der Waals surface area (Å²) in [6, 6.07) is 23.0. The Kier molecular flexibility index (Phi) is 6.39. The van der Waals surface area contributed by atoms with E-state index in [0.29, 0.717) is 16.7 Å². The SMILES string of the molecule is CCOC(=O)c1c(NS(=O)(=O)c2ccc(C)cc2)n([C@@H](C)c2ccccc2)c2nc3ccccc3nc12. The number of ether oxygens (including phenoxy) is 1. The average Bonchev–Trinajstić information content (AvgIpc) is 3.19. The van der Waals surface area contributed by atoms with Crippen molar-refractivity contribution in [2.75, 3.05) is 11.3 Å². The number of esters is 1. The molecule has 0 fully saturated rings. The minimum atomic E-state index is -4.07. The molecule has 0 saturated carbocycles. The molecule has 8 nitrogen and oxygen atoms in total. The molecule has 3 aromatic carbocycles. The van der Waals surface area contributed by atoms with E-state index < -0.39 is 22.0 Å². The van der Waals surface area contributed by atoms with Gasteiger partial charge in [0.1, 0.15) is 16.9 Å². The highest BCUT2D eigenvalue weighted by Crippen LogP contribution is 2.36. The van der Waals surface area contributed by atoms with Gasteiger partial charge in [0.05, 0.1) is 28.6 Å². The topological polar surface area (TPSA) is 103 Å². The van der Waals surface area contributed by atoms with Crippen LogP contribution in [0.3, 0.4) is 0 Å². The van der Waals surface area contributed by atoms with Gasteiger partial charge in [-0.3, -0.25) is 4.72 Å². The van der Waals surface area contributed by atoms with Gasteiger partial charge in [0.25, 0.3) is 10.0 Å². The van der Waals surface area contributed by atoms with E-state index in [4.69, 9.17) is 14.7 Å². The van der Waals surface area contributed by atoms with E-state index in [0.717, 1.165) is 11.1 Å². The number of rotatable bonds is 7. The number of carbonyl (C=O) groups is 1. The minimum Gasteiger partial charge on any atom is -0.462 e. The Bertz CT molecular complexity index is 1710. The van der Waals surface area contributed by atoms with Crippen LogP contribution in [0.25, 0.3) is 22.2 Å². The van der Waals surface area contributed by atoms with Crippen molar-refractivity contribution in [2.45, 2.75) is 31.7 Å². The lowest BCUT2D eigenvalue weighted by Gasteiger charge is -2.20. The number of para-hydroxylation sites is 2. The molecule has 0 spiro atoms. The Labute approximate surface area is 215 Å². The van der Waals surface area contributed by atoms with Crippen molar-refractivity contribution in [1.29, 1.82) is 0 Å². The number of hydrogen-bond donors (Lipinski definition) is 1. The molecule has 1 N–H and O–H groups in total. The number of benzene rings is 3. The largest absolute Gasteiger partial charge is 0.462 e. The Morgan fingerprint density at radius 3 is 2.22 bits per heavy atom. The summed E-state index contributed by atoms with van der Waals surface area (Å²) in [5.74, 6) is -0.626. The van der Waals surface area contributed by atoms with Crippen molar-refractivity contribution in [2.24, 2.45) is 0 Å². The molecule has 0 aliphatic carbocycles. The summed E-state index contributed by atoms with van der Waals surface area (Å²) in [7, 11) is -4.07. The molecule has 9 heteroatoms. The van der Waals surface area contributed by atoms with Gasteiger partial charge >= 0.3 is 5.97 Å². The molecule has 1 atom stereocenters. The van der Waals surface area contributed by atoms with Crippen LogP contribution in [0.4, 0.5) is 5.82 Å². The smallest absolute Gasteiger partial charge is 0.344 e.